The van der Waals surface area contributed by atoms with Crippen LogP contribution in [-0.2, 0) is 18.6 Å². The van der Waals surface area contributed by atoms with E-state index in [2.05, 4.69) is 15.5 Å². The highest BCUT2D eigenvalue weighted by Gasteiger charge is 2.18. The molecule has 1 aromatic carbocycles. The highest BCUT2D eigenvalue weighted by atomic mass is 32.2. The van der Waals surface area contributed by atoms with E-state index in [0.29, 0.717) is 10.9 Å². The van der Waals surface area contributed by atoms with E-state index in [1.807, 2.05) is 24.3 Å². The van der Waals surface area contributed by atoms with Crippen LogP contribution in [0, 0.1) is 0 Å². The van der Waals surface area contributed by atoms with Gasteiger partial charge >= 0.3 is 0 Å². The second-order valence-corrected chi connectivity index (χ2v) is 10.1. The van der Waals surface area contributed by atoms with Crippen LogP contribution in [0.1, 0.15) is 29.1 Å². The van der Waals surface area contributed by atoms with E-state index in [1.54, 1.807) is 28.9 Å². The molecule has 0 aliphatic heterocycles. The van der Waals surface area contributed by atoms with Crippen LogP contribution in [-0.4, -0.2) is 26.7 Å². The Morgan fingerprint density at radius 3 is 2.97 bits per heavy atom. The molecule has 0 atom stereocenters. The third kappa shape index (κ3) is 3.82. The number of methoxy groups -OCH3 is 1. The summed E-state index contributed by atoms with van der Waals surface area (Å²) in [6, 6.07) is 9.32. The molecule has 30 heavy (non-hydrogen) atoms. The van der Waals surface area contributed by atoms with Gasteiger partial charge in [-0.1, -0.05) is 35.2 Å². The third-order valence-electron chi connectivity index (χ3n) is 4.91. The zero-order valence-electron chi connectivity index (χ0n) is 16.3. The first-order valence-electron chi connectivity index (χ1n) is 9.61. The minimum atomic E-state index is 0.0193. The van der Waals surface area contributed by atoms with Crippen LogP contribution in [0.2, 0.25) is 0 Å². The quantitative estimate of drug-likeness (QED) is 0.426. The van der Waals surface area contributed by atoms with E-state index in [9.17, 15) is 4.79 Å². The van der Waals surface area contributed by atoms with Crippen LogP contribution in [0.3, 0.4) is 0 Å². The minimum absolute atomic E-state index is 0.0193. The van der Waals surface area contributed by atoms with Crippen molar-refractivity contribution < 1.29 is 4.74 Å². The monoisotopic (exact) mass is 457 g/mol. The number of thioether (sulfide) groups is 1. The Morgan fingerprint density at radius 2 is 2.07 bits per heavy atom. The first-order valence-corrected chi connectivity index (χ1v) is 12.2. The Labute approximate surface area is 185 Å². The summed E-state index contributed by atoms with van der Waals surface area (Å²) in [5.74, 6) is 1.33. The highest BCUT2D eigenvalue weighted by molar-refractivity contribution is 8.00. The second kappa shape index (κ2) is 8.37. The SMILES string of the molecule is COc1ccccc1Nc1nnc(SCc2cc(=O)n3c4c(sc3n2)CCCC4)s1. The number of fused-ring (bicyclic) bond motifs is 3. The lowest BCUT2D eigenvalue weighted by molar-refractivity contribution is 0.417. The van der Waals surface area contributed by atoms with Gasteiger partial charge in [0.05, 0.1) is 18.5 Å². The van der Waals surface area contributed by atoms with Crippen LogP contribution >= 0.6 is 34.4 Å². The van der Waals surface area contributed by atoms with Crippen molar-refractivity contribution in [2.45, 2.75) is 35.8 Å². The summed E-state index contributed by atoms with van der Waals surface area (Å²) in [7, 11) is 1.64. The summed E-state index contributed by atoms with van der Waals surface area (Å²) < 4.78 is 7.97. The van der Waals surface area contributed by atoms with Gasteiger partial charge < -0.3 is 10.1 Å². The maximum absolute atomic E-state index is 12.7. The molecular formula is C20H19N5O2S3. The molecule has 0 saturated carbocycles. The van der Waals surface area contributed by atoms with E-state index in [0.717, 1.165) is 51.4 Å². The van der Waals surface area contributed by atoms with Gasteiger partial charge in [0.15, 0.2) is 9.30 Å². The summed E-state index contributed by atoms with van der Waals surface area (Å²) in [6.07, 6.45) is 4.36. The maximum atomic E-state index is 12.7. The fourth-order valence-electron chi connectivity index (χ4n) is 3.53. The van der Waals surface area contributed by atoms with E-state index >= 15 is 0 Å². The van der Waals surface area contributed by atoms with Crippen molar-refractivity contribution in [3.05, 3.63) is 57.0 Å². The molecule has 3 heterocycles. The van der Waals surface area contributed by atoms with Gasteiger partial charge in [-0.15, -0.1) is 21.5 Å². The number of nitrogens with zero attached hydrogens (tertiary/aromatic N) is 4. The molecule has 154 valence electrons. The third-order valence-corrected chi connectivity index (χ3v) is 8.06. The van der Waals surface area contributed by atoms with Crippen molar-refractivity contribution in [2.75, 3.05) is 12.4 Å². The summed E-state index contributed by atoms with van der Waals surface area (Å²) in [4.78, 5) is 19.5. The van der Waals surface area contributed by atoms with E-state index in [-0.39, 0.29) is 5.56 Å². The van der Waals surface area contributed by atoms with Crippen LogP contribution in [0.4, 0.5) is 10.8 Å². The topological polar surface area (TPSA) is 81.4 Å². The lowest BCUT2D eigenvalue weighted by Crippen LogP contribution is -2.17. The molecule has 1 aliphatic rings. The average molecular weight is 458 g/mol. The number of benzene rings is 1. The Bertz CT molecular complexity index is 1260. The lowest BCUT2D eigenvalue weighted by Gasteiger charge is -2.10. The van der Waals surface area contributed by atoms with Gasteiger partial charge in [-0.2, -0.15) is 0 Å². The number of anilines is 2. The fraction of sp³-hybridized carbons (Fsp3) is 0.300. The van der Waals surface area contributed by atoms with Crippen LogP contribution in [0.15, 0.2) is 39.5 Å². The number of hydrogen-bond donors (Lipinski definition) is 1. The average Bonchev–Trinajstić information content (AvgIpc) is 3.36. The standard InChI is InChI=1S/C20H19N5O2S3/c1-27-15-8-4-2-6-13(15)22-18-23-24-20(30-18)28-11-12-10-17(26)25-14-7-3-5-9-16(14)29-19(25)21-12/h2,4,6,8,10H,3,5,7,9,11H2,1H3,(H,22,23). The number of aryl methyl sites for hydroxylation is 2. The van der Waals surface area contributed by atoms with E-state index < -0.39 is 0 Å². The Hall–Kier alpha value is -2.43. The molecular weight excluding hydrogens is 438 g/mol. The molecule has 1 aliphatic carbocycles. The van der Waals surface area contributed by atoms with Crippen molar-refractivity contribution in [3.63, 3.8) is 0 Å². The predicted molar refractivity (Wildman–Crippen MR) is 122 cm³/mol. The van der Waals surface area contributed by atoms with Crippen LogP contribution in [0.5, 0.6) is 5.75 Å². The molecule has 0 radical (unpaired) electrons. The molecule has 5 rings (SSSR count). The second-order valence-electron chi connectivity index (χ2n) is 6.87. The van der Waals surface area contributed by atoms with Gasteiger partial charge in [0.1, 0.15) is 5.75 Å². The van der Waals surface area contributed by atoms with Crippen LogP contribution in [0.25, 0.3) is 4.96 Å². The van der Waals surface area contributed by atoms with Crippen molar-refractivity contribution in [1.82, 2.24) is 19.6 Å². The zero-order valence-corrected chi connectivity index (χ0v) is 18.7. The van der Waals surface area contributed by atoms with Crippen molar-refractivity contribution in [1.29, 1.82) is 0 Å². The molecule has 3 aromatic heterocycles. The number of hydrogen-bond acceptors (Lipinski definition) is 9. The normalized spacial score (nSPS) is 13.4. The molecule has 4 aromatic rings. The van der Waals surface area contributed by atoms with Crippen molar-refractivity contribution >= 4 is 50.2 Å². The summed E-state index contributed by atoms with van der Waals surface area (Å²) in [6.45, 7) is 0. The number of aromatic nitrogens is 4. The van der Waals surface area contributed by atoms with Crippen molar-refractivity contribution in [3.8, 4) is 5.75 Å². The number of thiazole rings is 1. The molecule has 0 fully saturated rings. The number of rotatable bonds is 6. The van der Waals surface area contributed by atoms with Gasteiger partial charge in [-0.05, 0) is 37.8 Å². The zero-order chi connectivity index (χ0) is 20.5. The molecule has 0 unspecified atom stereocenters. The fourth-order valence-corrected chi connectivity index (χ4v) is 6.42. The van der Waals surface area contributed by atoms with Gasteiger partial charge in [-0.3, -0.25) is 9.20 Å². The summed E-state index contributed by atoms with van der Waals surface area (Å²) in [5, 5.41) is 12.4. The van der Waals surface area contributed by atoms with Gasteiger partial charge in [0, 0.05) is 22.4 Å². The van der Waals surface area contributed by atoms with E-state index in [4.69, 9.17) is 9.72 Å². The van der Waals surface area contributed by atoms with E-state index in [1.165, 1.54) is 34.4 Å². The largest absolute Gasteiger partial charge is 0.495 e. The number of para-hydroxylation sites is 2. The molecule has 7 nitrogen and oxygen atoms in total. The van der Waals surface area contributed by atoms with Crippen molar-refractivity contribution in [2.24, 2.45) is 0 Å². The molecule has 0 spiro atoms. The Morgan fingerprint density at radius 1 is 1.20 bits per heavy atom. The molecule has 0 saturated heterocycles. The number of nitrogens with one attached hydrogen (secondary N) is 1. The maximum Gasteiger partial charge on any atom is 0.259 e. The van der Waals surface area contributed by atoms with Gasteiger partial charge in [-0.25, -0.2) is 4.98 Å². The summed E-state index contributed by atoms with van der Waals surface area (Å²) in [5.41, 5.74) is 2.80. The van der Waals surface area contributed by atoms with Gasteiger partial charge in [0.25, 0.3) is 5.56 Å². The minimum Gasteiger partial charge on any atom is -0.495 e. The smallest absolute Gasteiger partial charge is 0.259 e. The molecule has 0 bridgehead atoms. The first-order chi connectivity index (χ1) is 14.7. The Balaban J connectivity index is 1.31. The molecule has 0 amide bonds. The summed E-state index contributed by atoms with van der Waals surface area (Å²) >= 11 is 4.65. The highest BCUT2D eigenvalue weighted by Crippen LogP contribution is 2.33. The predicted octanol–water partition coefficient (Wildman–Crippen LogP) is 4.53. The number of ether oxygens (including phenoxy) is 1. The van der Waals surface area contributed by atoms with Gasteiger partial charge in [0.2, 0.25) is 5.13 Å². The van der Waals surface area contributed by atoms with Crippen LogP contribution < -0.4 is 15.6 Å². The molecule has 1 N–H and O–H groups in total. The Kier molecular flexibility index (Phi) is 5.45. The molecule has 10 heteroatoms. The lowest BCUT2D eigenvalue weighted by atomic mass is 10.0. The first kappa shape index (κ1) is 19.5.